The fourth-order valence-corrected chi connectivity index (χ4v) is 3.70. The van der Waals surface area contributed by atoms with Crippen molar-refractivity contribution >= 4 is 23.6 Å². The number of amides is 2. The lowest BCUT2D eigenvalue weighted by Gasteiger charge is -2.37. The first-order chi connectivity index (χ1) is 16.3. The van der Waals surface area contributed by atoms with Gasteiger partial charge in [0.25, 0.3) is 0 Å². The zero-order valence-electron chi connectivity index (χ0n) is 18.6. The lowest BCUT2D eigenvalue weighted by Crippen LogP contribution is -2.59. The van der Waals surface area contributed by atoms with Crippen molar-refractivity contribution in [1.29, 1.82) is 5.41 Å². The number of carbonyl (C=O) groups is 3. The third-order valence-corrected chi connectivity index (χ3v) is 5.60. The number of nitrogen functional groups attached to an aromatic ring is 1. The van der Waals surface area contributed by atoms with Crippen molar-refractivity contribution in [2.75, 3.05) is 26.2 Å². The number of benzene rings is 2. The molecule has 1 aliphatic rings. The molecule has 1 heterocycles. The zero-order valence-corrected chi connectivity index (χ0v) is 18.6. The van der Waals surface area contributed by atoms with Gasteiger partial charge in [0.15, 0.2) is 0 Å². The maximum Gasteiger partial charge on any atom is 0.326 e. The summed E-state index contributed by atoms with van der Waals surface area (Å²) in [7, 11) is 0. The molecule has 2 aromatic rings. The van der Waals surface area contributed by atoms with Crippen LogP contribution in [0, 0.1) is 11.2 Å². The number of rotatable bonds is 11. The third-order valence-electron chi connectivity index (χ3n) is 5.60. The fraction of sp³-hybridized carbons (Fsp3) is 0.333. The highest BCUT2D eigenvalue weighted by Crippen LogP contribution is 2.16. The summed E-state index contributed by atoms with van der Waals surface area (Å²) in [5, 5.41) is 17.0. The van der Waals surface area contributed by atoms with E-state index in [-0.39, 0.29) is 25.3 Å². The number of carbonyl (C=O) groups excluding carboxylic acids is 2. The van der Waals surface area contributed by atoms with Crippen LogP contribution in [-0.4, -0.2) is 70.8 Å². The number of carboxylic acid groups (broad SMARTS) is 1. The number of nitrogens with zero attached hydrogens (tertiary/aromatic N) is 2. The Morgan fingerprint density at radius 3 is 2.35 bits per heavy atom. The number of nitrogens with one attached hydrogen (secondary N) is 1. The molecule has 0 aliphatic carbocycles. The molecule has 0 bridgehead atoms. The van der Waals surface area contributed by atoms with Gasteiger partial charge >= 0.3 is 17.8 Å². The molecule has 1 fully saturated rings. The molecule has 0 radical (unpaired) electrons. The Bertz CT molecular complexity index is 1040. The molecule has 1 atom stereocenters. The average Bonchev–Trinajstić information content (AvgIpc) is 2.81. The number of hydrogen-bond acceptors (Lipinski definition) is 5. The predicted octanol–water partition coefficient (Wildman–Crippen LogP) is 1.64. The van der Waals surface area contributed by atoms with Crippen LogP contribution in [0.15, 0.2) is 48.5 Å². The first-order valence-electron chi connectivity index (χ1n) is 10.9. The second-order valence-corrected chi connectivity index (χ2v) is 7.97. The summed E-state index contributed by atoms with van der Waals surface area (Å²) in [4.78, 5) is 39.5. The zero-order chi connectivity index (χ0) is 24.7. The van der Waals surface area contributed by atoms with Crippen LogP contribution in [0.3, 0.4) is 0 Å². The Morgan fingerprint density at radius 1 is 1.06 bits per heavy atom. The van der Waals surface area contributed by atoms with E-state index < -0.39 is 29.6 Å². The molecule has 34 heavy (non-hydrogen) atoms. The summed E-state index contributed by atoms with van der Waals surface area (Å²) in [6.45, 7) is 1.13. The Kier molecular flexibility index (Phi) is 8.18. The van der Waals surface area contributed by atoms with Crippen molar-refractivity contribution in [2.24, 2.45) is 5.73 Å². The molecule has 180 valence electrons. The molecule has 1 saturated heterocycles. The number of nitrogens with two attached hydrogens (primary N) is 1. The summed E-state index contributed by atoms with van der Waals surface area (Å²) in [6, 6.07) is 11.0. The molecule has 4 N–H and O–H groups in total. The van der Waals surface area contributed by atoms with E-state index >= 15 is 0 Å². The second kappa shape index (κ2) is 11.3. The number of halogens is 1. The summed E-state index contributed by atoms with van der Waals surface area (Å²) < 4.78 is 18.8. The van der Waals surface area contributed by atoms with Gasteiger partial charge in [-0.3, -0.25) is 15.0 Å². The average molecular weight is 471 g/mol. The maximum absolute atomic E-state index is 13.1. The predicted molar refractivity (Wildman–Crippen MR) is 122 cm³/mol. The molecule has 1 aliphatic heterocycles. The van der Waals surface area contributed by atoms with Gasteiger partial charge in [-0.2, -0.15) is 0 Å². The topological polar surface area (TPSA) is 137 Å². The monoisotopic (exact) mass is 470 g/mol. The highest BCUT2D eigenvalue weighted by atomic mass is 19.1. The Labute approximate surface area is 196 Å². The van der Waals surface area contributed by atoms with Crippen LogP contribution >= 0.6 is 0 Å². The minimum atomic E-state index is -1.22. The van der Waals surface area contributed by atoms with Crippen LogP contribution in [-0.2, 0) is 20.8 Å². The number of ether oxygens (including phenoxy) is 1. The summed E-state index contributed by atoms with van der Waals surface area (Å²) in [5.74, 6) is -2.60. The quantitative estimate of drug-likeness (QED) is 0.198. The summed E-state index contributed by atoms with van der Waals surface area (Å²) in [6.07, 6.45) is 1.25. The first kappa shape index (κ1) is 24.7. The van der Waals surface area contributed by atoms with Crippen LogP contribution in [0.5, 0.6) is 5.75 Å². The molecule has 2 aromatic carbocycles. The number of piperazine rings is 1. The van der Waals surface area contributed by atoms with Crippen molar-refractivity contribution in [3.63, 3.8) is 0 Å². The van der Waals surface area contributed by atoms with Crippen LogP contribution in [0.25, 0.3) is 0 Å². The van der Waals surface area contributed by atoms with Crippen LogP contribution in [0.1, 0.15) is 24.0 Å². The van der Waals surface area contributed by atoms with Crippen molar-refractivity contribution in [2.45, 2.75) is 25.3 Å². The molecule has 0 saturated carbocycles. The van der Waals surface area contributed by atoms with E-state index in [2.05, 4.69) is 0 Å². The van der Waals surface area contributed by atoms with Crippen molar-refractivity contribution in [3.05, 3.63) is 65.5 Å². The maximum atomic E-state index is 13.1. The van der Waals surface area contributed by atoms with E-state index in [0.29, 0.717) is 42.9 Å². The van der Waals surface area contributed by atoms with Gasteiger partial charge in [0.05, 0.1) is 6.61 Å². The third kappa shape index (κ3) is 6.31. The van der Waals surface area contributed by atoms with Gasteiger partial charge < -0.3 is 25.4 Å². The Hall–Kier alpha value is -3.95. The minimum absolute atomic E-state index is 0.0145. The van der Waals surface area contributed by atoms with Gasteiger partial charge in [0.2, 0.25) is 0 Å². The first-order valence-corrected chi connectivity index (χ1v) is 10.9. The highest BCUT2D eigenvalue weighted by molar-refractivity contribution is 6.35. The molecule has 1 unspecified atom stereocenters. The van der Waals surface area contributed by atoms with E-state index in [1.807, 2.05) is 0 Å². The molecular formula is C24H27FN4O5. The minimum Gasteiger partial charge on any atom is -0.494 e. The molecule has 3 rings (SSSR count). The molecule has 2 amide bonds. The van der Waals surface area contributed by atoms with Crippen LogP contribution in [0.2, 0.25) is 0 Å². The molecular weight excluding hydrogens is 443 g/mol. The number of amidine groups is 1. The van der Waals surface area contributed by atoms with E-state index in [4.69, 9.17) is 15.9 Å². The van der Waals surface area contributed by atoms with E-state index in [0.717, 1.165) is 4.90 Å². The number of hydrogen-bond donors (Lipinski definition) is 3. The Morgan fingerprint density at radius 2 is 1.74 bits per heavy atom. The number of unbranched alkanes of at least 4 members (excludes halogenated alkanes) is 1. The van der Waals surface area contributed by atoms with Gasteiger partial charge in [-0.25, -0.2) is 9.18 Å². The van der Waals surface area contributed by atoms with E-state index in [1.54, 1.807) is 24.3 Å². The number of aliphatic carboxylic acids is 1. The van der Waals surface area contributed by atoms with Crippen LogP contribution in [0.4, 0.5) is 4.39 Å². The van der Waals surface area contributed by atoms with Crippen molar-refractivity contribution < 1.29 is 28.6 Å². The van der Waals surface area contributed by atoms with Crippen LogP contribution < -0.4 is 10.5 Å². The lowest BCUT2D eigenvalue weighted by atomic mass is 10.0. The second-order valence-electron chi connectivity index (χ2n) is 7.97. The van der Waals surface area contributed by atoms with Gasteiger partial charge in [-0.15, -0.1) is 0 Å². The summed E-state index contributed by atoms with van der Waals surface area (Å²) in [5.41, 5.74) is 6.59. The van der Waals surface area contributed by atoms with E-state index in [9.17, 15) is 23.9 Å². The summed E-state index contributed by atoms with van der Waals surface area (Å²) >= 11 is 0. The molecule has 9 nitrogen and oxygen atoms in total. The van der Waals surface area contributed by atoms with Gasteiger partial charge in [-0.1, -0.05) is 12.1 Å². The smallest absolute Gasteiger partial charge is 0.326 e. The molecule has 10 heteroatoms. The fourth-order valence-electron chi connectivity index (χ4n) is 3.70. The van der Waals surface area contributed by atoms with E-state index in [1.165, 1.54) is 29.2 Å². The number of carboxylic acids is 1. The van der Waals surface area contributed by atoms with Gasteiger partial charge in [0, 0.05) is 31.6 Å². The van der Waals surface area contributed by atoms with Gasteiger partial charge in [0.1, 0.15) is 23.4 Å². The lowest BCUT2D eigenvalue weighted by molar-refractivity contribution is -0.162. The Balaban J connectivity index is 1.46. The van der Waals surface area contributed by atoms with Crippen molar-refractivity contribution in [3.8, 4) is 5.75 Å². The molecule has 0 spiro atoms. The standard InChI is InChI=1S/C24H27FN4O5/c25-18-7-3-16(4-8-18)15-20(24(32)33)29-13-12-28(22(30)23(29)31)11-1-2-14-34-19-9-5-17(6-10-19)21(26)27/h3-10,20H,1-2,11-15H2,(H3,26,27)(H,32,33). The SMILES string of the molecule is N=C(N)c1ccc(OCCCCN2CCN(C(Cc3ccc(F)cc3)C(=O)O)C(=O)C2=O)cc1. The normalized spacial score (nSPS) is 14.7. The largest absolute Gasteiger partial charge is 0.494 e. The van der Waals surface area contributed by atoms with Gasteiger partial charge in [-0.05, 0) is 54.8 Å². The highest BCUT2D eigenvalue weighted by Gasteiger charge is 2.39. The molecule has 0 aromatic heterocycles. The van der Waals surface area contributed by atoms with Crippen molar-refractivity contribution in [1.82, 2.24) is 9.80 Å².